The normalized spacial score (nSPS) is 10.3. The van der Waals surface area contributed by atoms with E-state index in [9.17, 15) is 4.39 Å². The lowest BCUT2D eigenvalue weighted by Gasteiger charge is -2.06. The fraction of sp³-hybridized carbons (Fsp3) is 0.0909. The van der Waals surface area contributed by atoms with Crippen LogP contribution in [0.1, 0.15) is 5.56 Å². The third-order valence-corrected chi connectivity index (χ3v) is 2.44. The van der Waals surface area contributed by atoms with Crippen molar-refractivity contribution in [1.82, 2.24) is 9.97 Å². The maximum Gasteiger partial charge on any atom is 0.140 e. The quantitative estimate of drug-likeness (QED) is 0.693. The molecule has 0 fully saturated rings. The van der Waals surface area contributed by atoms with E-state index < -0.39 is 0 Å². The second-order valence-electron chi connectivity index (χ2n) is 3.19. The zero-order valence-corrected chi connectivity index (χ0v) is 8.79. The Hall–Kier alpha value is -1.48. The highest BCUT2D eigenvalue weighted by molar-refractivity contribution is 6.32. The minimum absolute atomic E-state index is 0.260. The first-order valence-electron chi connectivity index (χ1n) is 4.40. The van der Waals surface area contributed by atoms with Crippen LogP contribution in [0.2, 0.25) is 5.15 Å². The lowest BCUT2D eigenvalue weighted by Crippen LogP contribution is -1.89. The second-order valence-corrected chi connectivity index (χ2v) is 3.54. The highest BCUT2D eigenvalue weighted by Crippen LogP contribution is 2.27. The molecule has 0 unspecified atom stereocenters. The molecule has 0 radical (unpaired) electrons. The molecule has 0 aliphatic heterocycles. The molecule has 1 heterocycles. The van der Waals surface area contributed by atoms with E-state index in [0.717, 1.165) is 16.7 Å². The number of hydrogen-bond donors (Lipinski definition) is 0. The van der Waals surface area contributed by atoms with E-state index in [-0.39, 0.29) is 5.82 Å². The topological polar surface area (TPSA) is 25.8 Å². The Morgan fingerprint density at radius 3 is 2.73 bits per heavy atom. The van der Waals surface area contributed by atoms with Gasteiger partial charge in [-0.2, -0.15) is 0 Å². The van der Waals surface area contributed by atoms with Gasteiger partial charge in [-0.15, -0.1) is 0 Å². The van der Waals surface area contributed by atoms with Crippen LogP contribution in [-0.2, 0) is 0 Å². The molecule has 0 aliphatic rings. The van der Waals surface area contributed by atoms with Gasteiger partial charge < -0.3 is 0 Å². The van der Waals surface area contributed by atoms with Crippen LogP contribution < -0.4 is 0 Å². The van der Waals surface area contributed by atoms with Gasteiger partial charge in [-0.25, -0.2) is 14.4 Å². The summed E-state index contributed by atoms with van der Waals surface area (Å²) in [6.07, 6.45) is 3.00. The predicted molar refractivity (Wildman–Crippen MR) is 57.2 cm³/mol. The van der Waals surface area contributed by atoms with Crippen molar-refractivity contribution in [2.24, 2.45) is 0 Å². The zero-order valence-electron chi connectivity index (χ0n) is 8.04. The van der Waals surface area contributed by atoms with Gasteiger partial charge in [-0.1, -0.05) is 17.7 Å². The number of nitrogens with zero attached hydrogens (tertiary/aromatic N) is 2. The number of rotatable bonds is 1. The Morgan fingerprint density at radius 2 is 2.07 bits per heavy atom. The average Bonchev–Trinajstić information content (AvgIpc) is 2.20. The lowest BCUT2D eigenvalue weighted by atomic mass is 10.0. The van der Waals surface area contributed by atoms with Crippen LogP contribution in [0.4, 0.5) is 4.39 Å². The van der Waals surface area contributed by atoms with Gasteiger partial charge in [-0.05, 0) is 30.2 Å². The largest absolute Gasteiger partial charge is 0.244 e. The summed E-state index contributed by atoms with van der Waals surface area (Å²) in [6.45, 7) is 1.82. The summed E-state index contributed by atoms with van der Waals surface area (Å²) in [5.41, 5.74) is 2.38. The molecule has 0 saturated heterocycles. The van der Waals surface area contributed by atoms with E-state index >= 15 is 0 Å². The Bertz CT molecular complexity index is 500. The summed E-state index contributed by atoms with van der Waals surface area (Å²) >= 11 is 5.93. The maximum atomic E-state index is 12.9. The maximum absolute atomic E-state index is 12.9. The average molecular weight is 223 g/mol. The van der Waals surface area contributed by atoms with Gasteiger partial charge in [0.05, 0.1) is 0 Å². The number of aromatic nitrogens is 2. The van der Waals surface area contributed by atoms with Crippen LogP contribution in [0.25, 0.3) is 11.1 Å². The number of hydrogen-bond acceptors (Lipinski definition) is 2. The molecule has 4 heteroatoms. The number of halogens is 2. The van der Waals surface area contributed by atoms with Crippen LogP contribution >= 0.6 is 11.6 Å². The first kappa shape index (κ1) is 10.1. The Morgan fingerprint density at radius 1 is 1.27 bits per heavy atom. The van der Waals surface area contributed by atoms with E-state index in [1.54, 1.807) is 12.3 Å². The molecule has 2 nitrogen and oxygen atoms in total. The highest BCUT2D eigenvalue weighted by Gasteiger charge is 2.07. The van der Waals surface area contributed by atoms with Gasteiger partial charge in [0.2, 0.25) is 0 Å². The van der Waals surface area contributed by atoms with Crippen molar-refractivity contribution >= 4 is 11.6 Å². The molecule has 1 aromatic heterocycles. The van der Waals surface area contributed by atoms with Gasteiger partial charge in [0.15, 0.2) is 0 Å². The van der Waals surface area contributed by atoms with Crippen molar-refractivity contribution in [3.63, 3.8) is 0 Å². The SMILES string of the molecule is Cc1cc(F)ccc1-c1cncnc1Cl. The first-order valence-corrected chi connectivity index (χ1v) is 4.78. The fourth-order valence-corrected chi connectivity index (χ4v) is 1.62. The number of benzene rings is 1. The second kappa shape index (κ2) is 3.95. The van der Waals surface area contributed by atoms with E-state index in [0.29, 0.717) is 5.15 Å². The van der Waals surface area contributed by atoms with Crippen molar-refractivity contribution < 1.29 is 4.39 Å². The molecular formula is C11H8ClFN2. The van der Waals surface area contributed by atoms with E-state index in [4.69, 9.17) is 11.6 Å². The van der Waals surface area contributed by atoms with E-state index in [2.05, 4.69) is 9.97 Å². The third kappa shape index (κ3) is 1.97. The van der Waals surface area contributed by atoms with Crippen LogP contribution in [-0.4, -0.2) is 9.97 Å². The van der Waals surface area contributed by atoms with Crippen molar-refractivity contribution in [1.29, 1.82) is 0 Å². The minimum Gasteiger partial charge on any atom is -0.244 e. The van der Waals surface area contributed by atoms with Crippen LogP contribution in [0.3, 0.4) is 0 Å². The van der Waals surface area contributed by atoms with Crippen LogP contribution in [0, 0.1) is 12.7 Å². The standard InChI is InChI=1S/C11H8ClFN2/c1-7-4-8(13)2-3-9(7)10-5-14-6-15-11(10)12/h2-6H,1H3. The van der Waals surface area contributed by atoms with Crippen molar-refractivity contribution in [2.45, 2.75) is 6.92 Å². The molecule has 0 amide bonds. The molecule has 0 saturated carbocycles. The van der Waals surface area contributed by atoms with Gasteiger partial charge >= 0.3 is 0 Å². The van der Waals surface area contributed by atoms with Gasteiger partial charge in [0.1, 0.15) is 17.3 Å². The summed E-state index contributed by atoms with van der Waals surface area (Å²) in [4.78, 5) is 7.78. The first-order chi connectivity index (χ1) is 7.18. The molecule has 15 heavy (non-hydrogen) atoms. The Labute approximate surface area is 91.8 Å². The van der Waals surface area contributed by atoms with Crippen LogP contribution in [0.15, 0.2) is 30.7 Å². The van der Waals surface area contributed by atoms with E-state index in [1.807, 2.05) is 6.92 Å². The molecule has 2 aromatic rings. The minimum atomic E-state index is -0.260. The lowest BCUT2D eigenvalue weighted by molar-refractivity contribution is 0.627. The van der Waals surface area contributed by atoms with Gasteiger partial charge in [0.25, 0.3) is 0 Å². The molecule has 76 valence electrons. The summed E-state index contributed by atoms with van der Waals surface area (Å²) in [7, 11) is 0. The molecule has 2 rings (SSSR count). The number of aryl methyl sites for hydroxylation is 1. The molecule has 0 atom stereocenters. The zero-order chi connectivity index (χ0) is 10.8. The van der Waals surface area contributed by atoms with Gasteiger partial charge in [0, 0.05) is 11.8 Å². The molecular weight excluding hydrogens is 215 g/mol. The Kier molecular flexibility index (Phi) is 2.64. The summed E-state index contributed by atoms with van der Waals surface area (Å²) in [5, 5.41) is 0.375. The molecule has 0 aliphatic carbocycles. The summed E-state index contributed by atoms with van der Waals surface area (Å²) in [6, 6.07) is 4.53. The highest BCUT2D eigenvalue weighted by atomic mass is 35.5. The monoisotopic (exact) mass is 222 g/mol. The molecule has 0 spiro atoms. The van der Waals surface area contributed by atoms with Gasteiger partial charge in [-0.3, -0.25) is 0 Å². The molecule has 1 aromatic carbocycles. The Balaban J connectivity index is 2.60. The smallest absolute Gasteiger partial charge is 0.140 e. The van der Waals surface area contributed by atoms with Crippen molar-refractivity contribution in [3.05, 3.63) is 47.3 Å². The van der Waals surface area contributed by atoms with Crippen molar-refractivity contribution in [3.8, 4) is 11.1 Å². The molecule has 0 N–H and O–H groups in total. The summed E-state index contributed by atoms with van der Waals surface area (Å²) < 4.78 is 12.9. The fourth-order valence-electron chi connectivity index (χ4n) is 1.42. The van der Waals surface area contributed by atoms with Crippen molar-refractivity contribution in [2.75, 3.05) is 0 Å². The predicted octanol–water partition coefficient (Wildman–Crippen LogP) is 3.24. The molecule has 0 bridgehead atoms. The summed E-state index contributed by atoms with van der Waals surface area (Å²) in [5.74, 6) is -0.260. The third-order valence-electron chi connectivity index (χ3n) is 2.14. The van der Waals surface area contributed by atoms with E-state index in [1.165, 1.54) is 18.5 Å². The van der Waals surface area contributed by atoms with Crippen LogP contribution in [0.5, 0.6) is 0 Å².